The Hall–Kier alpha value is -3.85. The molecule has 5 heterocycles. The molecule has 34 heavy (non-hydrogen) atoms. The first kappa shape index (κ1) is 20.7. The molecule has 0 saturated carbocycles. The molecule has 6 aromatic rings. The van der Waals surface area contributed by atoms with Crippen LogP contribution in [0.3, 0.4) is 0 Å². The molecule has 0 aliphatic heterocycles. The molecular formula is C25H23N7OS. The van der Waals surface area contributed by atoms with Crippen LogP contribution >= 0.6 is 11.3 Å². The predicted molar refractivity (Wildman–Crippen MR) is 133 cm³/mol. The number of pyridine rings is 1. The van der Waals surface area contributed by atoms with E-state index >= 15 is 0 Å². The first-order chi connectivity index (χ1) is 16.5. The summed E-state index contributed by atoms with van der Waals surface area (Å²) in [6.07, 6.45) is 3.58. The fraction of sp³-hybridized carbons (Fsp3) is 0.240. The van der Waals surface area contributed by atoms with Gasteiger partial charge in [0.1, 0.15) is 27.3 Å². The smallest absolute Gasteiger partial charge is 0.202 e. The van der Waals surface area contributed by atoms with Crippen molar-refractivity contribution in [2.75, 3.05) is 0 Å². The molecule has 1 aromatic carbocycles. The van der Waals surface area contributed by atoms with E-state index in [1.54, 1.807) is 26.9 Å². The van der Waals surface area contributed by atoms with E-state index < -0.39 is 0 Å². The van der Waals surface area contributed by atoms with Gasteiger partial charge in [0.25, 0.3) is 0 Å². The summed E-state index contributed by atoms with van der Waals surface area (Å²) < 4.78 is 10.3. The number of rotatable bonds is 5. The van der Waals surface area contributed by atoms with Gasteiger partial charge in [-0.25, -0.2) is 24.1 Å². The van der Waals surface area contributed by atoms with Gasteiger partial charge in [-0.1, -0.05) is 26.0 Å². The second-order valence-corrected chi connectivity index (χ2v) is 9.73. The molecule has 9 heteroatoms. The van der Waals surface area contributed by atoms with Crippen LogP contribution in [0.4, 0.5) is 0 Å². The minimum absolute atomic E-state index is 0.306. The minimum Gasteiger partial charge on any atom is -0.471 e. The Bertz CT molecular complexity index is 1660. The Morgan fingerprint density at radius 1 is 1.03 bits per heavy atom. The van der Waals surface area contributed by atoms with E-state index in [2.05, 4.69) is 54.2 Å². The van der Waals surface area contributed by atoms with Gasteiger partial charge in [0.05, 0.1) is 5.52 Å². The van der Waals surface area contributed by atoms with Gasteiger partial charge in [-0.05, 0) is 55.2 Å². The first-order valence-electron chi connectivity index (χ1n) is 11.1. The van der Waals surface area contributed by atoms with Crippen molar-refractivity contribution >= 4 is 37.4 Å². The zero-order valence-electron chi connectivity index (χ0n) is 19.4. The van der Waals surface area contributed by atoms with Crippen LogP contribution in [0, 0.1) is 13.8 Å². The molecular weight excluding hydrogens is 446 g/mol. The normalized spacial score (nSPS) is 11.9. The zero-order valence-corrected chi connectivity index (χ0v) is 20.2. The van der Waals surface area contributed by atoms with Crippen molar-refractivity contribution < 1.29 is 4.74 Å². The highest BCUT2D eigenvalue weighted by Gasteiger charge is 2.17. The Balaban J connectivity index is 1.29. The summed E-state index contributed by atoms with van der Waals surface area (Å²) in [5, 5.41) is 10.3. The highest BCUT2D eigenvalue weighted by molar-refractivity contribution is 7.26. The van der Waals surface area contributed by atoms with Gasteiger partial charge in [-0.2, -0.15) is 5.10 Å². The molecule has 0 saturated heterocycles. The van der Waals surface area contributed by atoms with Gasteiger partial charge < -0.3 is 4.74 Å². The zero-order chi connectivity index (χ0) is 23.4. The minimum atomic E-state index is 0.306. The largest absolute Gasteiger partial charge is 0.471 e. The van der Waals surface area contributed by atoms with Crippen molar-refractivity contribution in [1.82, 2.24) is 34.3 Å². The maximum atomic E-state index is 5.89. The summed E-state index contributed by atoms with van der Waals surface area (Å²) in [6.45, 7) is 8.76. The van der Waals surface area contributed by atoms with Crippen LogP contribution in [-0.2, 0) is 6.73 Å². The number of fused-ring (bicyclic) bond motifs is 5. The van der Waals surface area contributed by atoms with E-state index in [0.717, 1.165) is 37.5 Å². The van der Waals surface area contributed by atoms with Gasteiger partial charge in [0, 0.05) is 17.3 Å². The van der Waals surface area contributed by atoms with Crippen LogP contribution in [0.25, 0.3) is 37.6 Å². The highest BCUT2D eigenvalue weighted by atomic mass is 32.1. The third kappa shape index (κ3) is 3.49. The van der Waals surface area contributed by atoms with Crippen molar-refractivity contribution in [2.24, 2.45) is 0 Å². The Labute approximate surface area is 199 Å². The molecule has 0 aliphatic rings. The maximum absolute atomic E-state index is 5.89. The molecule has 0 aliphatic carbocycles. The van der Waals surface area contributed by atoms with Crippen LogP contribution in [-0.4, -0.2) is 34.3 Å². The fourth-order valence-corrected chi connectivity index (χ4v) is 5.34. The van der Waals surface area contributed by atoms with E-state index in [1.807, 2.05) is 31.3 Å². The molecule has 8 nitrogen and oxygen atoms in total. The van der Waals surface area contributed by atoms with Gasteiger partial charge in [0.15, 0.2) is 12.4 Å². The monoisotopic (exact) mass is 469 g/mol. The lowest BCUT2D eigenvalue weighted by Crippen LogP contribution is -2.06. The summed E-state index contributed by atoms with van der Waals surface area (Å²) >= 11 is 1.60. The average molecular weight is 470 g/mol. The molecule has 0 N–H and O–H groups in total. The number of aromatic nitrogens is 7. The van der Waals surface area contributed by atoms with E-state index in [-0.39, 0.29) is 0 Å². The summed E-state index contributed by atoms with van der Waals surface area (Å²) in [5.41, 5.74) is 5.81. The van der Waals surface area contributed by atoms with Gasteiger partial charge >= 0.3 is 0 Å². The SMILES string of the molecule is Cc1cc(C)c2c(n1)sc1c2ncn2nc(-c3ccn(COc4ccc(C(C)C)cc4)n3)nc12. The number of benzene rings is 1. The molecule has 0 atom stereocenters. The van der Waals surface area contributed by atoms with E-state index in [0.29, 0.717) is 24.2 Å². The number of ether oxygens (including phenoxy) is 1. The summed E-state index contributed by atoms with van der Waals surface area (Å²) in [4.78, 5) is 15.1. The maximum Gasteiger partial charge on any atom is 0.202 e. The standard InChI is InChI=1S/C25H23N7OS/c1-14(2)17-5-7-18(8-6-17)33-13-31-10-9-19(29-31)23-28-24-22-21(26-12-32(24)30-23)20-15(3)11-16(4)27-25(20)34-22/h5-12,14H,13H2,1-4H3. The lowest BCUT2D eigenvalue weighted by Gasteiger charge is -2.08. The van der Waals surface area contributed by atoms with Crippen LogP contribution in [0.1, 0.15) is 36.6 Å². The quantitative estimate of drug-likeness (QED) is 0.330. The van der Waals surface area contributed by atoms with Crippen molar-refractivity contribution in [2.45, 2.75) is 40.3 Å². The molecule has 5 aromatic heterocycles. The van der Waals surface area contributed by atoms with Gasteiger partial charge in [0.2, 0.25) is 5.82 Å². The molecule has 0 radical (unpaired) electrons. The topological polar surface area (TPSA) is 83.0 Å². The lowest BCUT2D eigenvalue weighted by atomic mass is 10.0. The second kappa shape index (κ2) is 7.88. The third-order valence-electron chi connectivity index (χ3n) is 5.87. The molecule has 0 unspecified atom stereocenters. The first-order valence-corrected chi connectivity index (χ1v) is 12.0. The Morgan fingerprint density at radius 3 is 2.65 bits per heavy atom. The lowest BCUT2D eigenvalue weighted by molar-refractivity contribution is 0.221. The number of aryl methyl sites for hydroxylation is 2. The van der Waals surface area contributed by atoms with Crippen molar-refractivity contribution in [3.05, 3.63) is 65.7 Å². The molecule has 0 amide bonds. The van der Waals surface area contributed by atoms with E-state index in [9.17, 15) is 0 Å². The second-order valence-electron chi connectivity index (χ2n) is 8.73. The molecule has 0 spiro atoms. The summed E-state index contributed by atoms with van der Waals surface area (Å²) in [6, 6.07) is 12.1. The molecule has 6 rings (SSSR count). The molecule has 0 fully saturated rings. The summed E-state index contributed by atoms with van der Waals surface area (Å²) in [5.74, 6) is 1.85. The van der Waals surface area contributed by atoms with Crippen molar-refractivity contribution in [1.29, 1.82) is 0 Å². The van der Waals surface area contributed by atoms with E-state index in [4.69, 9.17) is 14.7 Å². The fourth-order valence-electron chi connectivity index (χ4n) is 4.12. The Kier molecular flexibility index (Phi) is 4.80. The molecule has 170 valence electrons. The van der Waals surface area contributed by atoms with Gasteiger partial charge in [-0.15, -0.1) is 16.4 Å². The van der Waals surface area contributed by atoms with Gasteiger partial charge in [-0.3, -0.25) is 0 Å². The average Bonchev–Trinajstić information content (AvgIpc) is 3.53. The van der Waals surface area contributed by atoms with Crippen LogP contribution in [0.15, 0.2) is 48.9 Å². The van der Waals surface area contributed by atoms with Crippen molar-refractivity contribution in [3.63, 3.8) is 0 Å². The van der Waals surface area contributed by atoms with Crippen LogP contribution < -0.4 is 4.74 Å². The number of nitrogens with zero attached hydrogens (tertiary/aromatic N) is 7. The van der Waals surface area contributed by atoms with Crippen LogP contribution in [0.5, 0.6) is 5.75 Å². The number of hydrogen-bond donors (Lipinski definition) is 0. The predicted octanol–water partition coefficient (Wildman–Crippen LogP) is 5.53. The number of thiophene rings is 1. The van der Waals surface area contributed by atoms with Crippen molar-refractivity contribution in [3.8, 4) is 17.3 Å². The Morgan fingerprint density at radius 2 is 1.85 bits per heavy atom. The number of hydrogen-bond acceptors (Lipinski definition) is 7. The highest BCUT2D eigenvalue weighted by Crippen LogP contribution is 2.35. The van der Waals surface area contributed by atoms with Crippen LogP contribution in [0.2, 0.25) is 0 Å². The van der Waals surface area contributed by atoms with E-state index in [1.165, 1.54) is 11.1 Å². The molecule has 0 bridgehead atoms. The summed E-state index contributed by atoms with van der Waals surface area (Å²) in [7, 11) is 0. The third-order valence-corrected chi connectivity index (χ3v) is 6.94.